The minimum absolute atomic E-state index is 0.162. The smallest absolute Gasteiger partial charge is 0.207 e. The van der Waals surface area contributed by atoms with Crippen LogP contribution in [-0.4, -0.2) is 26.8 Å². The van der Waals surface area contributed by atoms with Crippen LogP contribution < -0.4 is 4.72 Å². The van der Waals surface area contributed by atoms with Crippen LogP contribution in [-0.2, 0) is 10.0 Å². The van der Waals surface area contributed by atoms with Gasteiger partial charge in [0.1, 0.15) is 0 Å². The molecular weight excluding hydrogens is 360 g/mol. The lowest BCUT2D eigenvalue weighted by Gasteiger charge is -2.28. The molecule has 0 aliphatic carbocycles. The molecule has 1 atom stereocenters. The molecule has 0 fully saturated rings. The van der Waals surface area contributed by atoms with E-state index in [-0.39, 0.29) is 5.02 Å². The lowest BCUT2D eigenvalue weighted by atomic mass is 10.0. The summed E-state index contributed by atoms with van der Waals surface area (Å²) in [4.78, 5) is -0.494. The third kappa shape index (κ3) is 4.75. The molecule has 1 N–H and O–H groups in total. The summed E-state index contributed by atoms with van der Waals surface area (Å²) in [5.74, 6) is -3.82. The maximum absolute atomic E-state index is 12.5. The number of sulfonamides is 1. The predicted octanol–water partition coefficient (Wildman–Crippen LogP) is 3.75. The van der Waals surface area contributed by atoms with Gasteiger partial charge in [-0.1, -0.05) is 11.6 Å². The first kappa shape index (κ1) is 19.0. The Hall–Kier alpha value is -1.00. The zero-order valence-electron chi connectivity index (χ0n) is 10.8. The van der Waals surface area contributed by atoms with Gasteiger partial charge in [0.2, 0.25) is 10.0 Å². The molecule has 0 saturated carbocycles. The molecular formula is C11H10ClF6NO2S. The highest BCUT2D eigenvalue weighted by molar-refractivity contribution is 7.89. The fourth-order valence-electron chi connectivity index (χ4n) is 1.75. The van der Waals surface area contributed by atoms with Crippen molar-refractivity contribution in [1.29, 1.82) is 0 Å². The van der Waals surface area contributed by atoms with Gasteiger partial charge < -0.3 is 0 Å². The van der Waals surface area contributed by atoms with Gasteiger partial charge in [-0.25, -0.2) is 13.1 Å². The Labute approximate surface area is 127 Å². The maximum atomic E-state index is 12.5. The van der Waals surface area contributed by atoms with Gasteiger partial charge in [-0.15, -0.1) is 0 Å². The molecule has 0 aliphatic rings. The van der Waals surface area contributed by atoms with Gasteiger partial charge in [0.25, 0.3) is 0 Å². The van der Waals surface area contributed by atoms with E-state index in [1.54, 1.807) is 0 Å². The zero-order chi connectivity index (χ0) is 17.3. The Morgan fingerprint density at radius 1 is 1.00 bits per heavy atom. The van der Waals surface area contributed by atoms with Crippen molar-refractivity contribution >= 4 is 21.6 Å². The molecule has 1 rings (SSSR count). The third-order valence-electron chi connectivity index (χ3n) is 2.67. The molecule has 0 aliphatic heterocycles. The van der Waals surface area contributed by atoms with Crippen LogP contribution in [0.3, 0.4) is 0 Å². The Bertz CT molecular complexity index is 597. The normalized spacial score (nSPS) is 15.1. The monoisotopic (exact) mass is 369 g/mol. The molecule has 11 heteroatoms. The molecule has 0 radical (unpaired) electrons. The van der Waals surface area contributed by atoms with E-state index in [1.807, 2.05) is 0 Å². The van der Waals surface area contributed by atoms with E-state index in [4.69, 9.17) is 11.6 Å². The second-order valence-electron chi connectivity index (χ2n) is 4.42. The van der Waals surface area contributed by atoms with E-state index in [9.17, 15) is 34.8 Å². The number of halogens is 7. The van der Waals surface area contributed by atoms with Crippen molar-refractivity contribution in [3.63, 3.8) is 0 Å². The first-order valence-corrected chi connectivity index (χ1v) is 7.52. The van der Waals surface area contributed by atoms with Crippen LogP contribution in [0.4, 0.5) is 26.3 Å². The predicted molar refractivity (Wildman–Crippen MR) is 66.8 cm³/mol. The van der Waals surface area contributed by atoms with E-state index in [0.717, 1.165) is 24.3 Å². The van der Waals surface area contributed by atoms with Crippen molar-refractivity contribution in [2.75, 3.05) is 0 Å². The molecule has 3 nitrogen and oxygen atoms in total. The minimum Gasteiger partial charge on any atom is -0.207 e. The first-order chi connectivity index (χ1) is 9.75. The average molecular weight is 370 g/mol. The maximum Gasteiger partial charge on any atom is 0.402 e. The van der Waals surface area contributed by atoms with Gasteiger partial charge in [0.15, 0.2) is 5.92 Å². The van der Waals surface area contributed by atoms with E-state index >= 15 is 0 Å². The fraction of sp³-hybridized carbons (Fsp3) is 0.455. The van der Waals surface area contributed by atoms with Crippen LogP contribution in [0.25, 0.3) is 0 Å². The highest BCUT2D eigenvalue weighted by atomic mass is 35.5. The van der Waals surface area contributed by atoms with Crippen molar-refractivity contribution in [2.45, 2.75) is 30.2 Å². The summed E-state index contributed by atoms with van der Waals surface area (Å²) >= 11 is 5.52. The highest BCUT2D eigenvalue weighted by Gasteiger charge is 2.59. The number of hydrogen-bond donors (Lipinski definition) is 1. The van der Waals surface area contributed by atoms with Crippen LogP contribution in [0.5, 0.6) is 0 Å². The largest absolute Gasteiger partial charge is 0.402 e. The van der Waals surface area contributed by atoms with E-state index in [0.29, 0.717) is 6.92 Å². The summed E-state index contributed by atoms with van der Waals surface area (Å²) in [5.41, 5.74) is 0. The van der Waals surface area contributed by atoms with Gasteiger partial charge in [-0.3, -0.25) is 0 Å². The summed E-state index contributed by atoms with van der Waals surface area (Å²) < 4.78 is 100. The second-order valence-corrected chi connectivity index (χ2v) is 6.58. The Kier molecular flexibility index (Phi) is 5.41. The molecule has 126 valence electrons. The van der Waals surface area contributed by atoms with Crippen LogP contribution in [0.15, 0.2) is 29.2 Å². The average Bonchev–Trinajstić information content (AvgIpc) is 2.23. The van der Waals surface area contributed by atoms with Gasteiger partial charge in [0.05, 0.1) is 4.90 Å². The van der Waals surface area contributed by atoms with Gasteiger partial charge >= 0.3 is 12.4 Å². The molecule has 0 spiro atoms. The summed E-state index contributed by atoms with van der Waals surface area (Å²) in [7, 11) is -4.55. The summed E-state index contributed by atoms with van der Waals surface area (Å²) in [6.45, 7) is 0.499. The standard InChI is InChI=1S/C11H10ClF6NO2S/c1-6(9(10(13,14)15)11(16,17)18)19-22(20,21)8-4-2-7(12)3-5-8/h2-6,9,19H,1H3/t6-/m0/s1. The molecule has 1 aromatic rings. The van der Waals surface area contributed by atoms with Gasteiger partial charge in [-0.05, 0) is 31.2 Å². The molecule has 0 amide bonds. The first-order valence-electron chi connectivity index (χ1n) is 5.66. The number of alkyl halides is 6. The Balaban J connectivity index is 3.08. The third-order valence-corrected chi connectivity index (χ3v) is 4.50. The van der Waals surface area contributed by atoms with Crippen molar-refractivity contribution in [2.24, 2.45) is 5.92 Å². The van der Waals surface area contributed by atoms with Gasteiger partial charge in [-0.2, -0.15) is 26.3 Å². The lowest BCUT2D eigenvalue weighted by molar-refractivity contribution is -0.289. The molecule has 0 saturated heterocycles. The van der Waals surface area contributed by atoms with Crippen LogP contribution in [0, 0.1) is 5.92 Å². The summed E-state index contributed by atoms with van der Waals surface area (Å²) in [5, 5.41) is 0.162. The minimum atomic E-state index is -5.64. The van der Waals surface area contributed by atoms with Crippen molar-refractivity contribution in [3.8, 4) is 0 Å². The molecule has 0 heterocycles. The fourth-order valence-corrected chi connectivity index (χ4v) is 3.13. The summed E-state index contributed by atoms with van der Waals surface area (Å²) in [6.07, 6.45) is -11.3. The zero-order valence-corrected chi connectivity index (χ0v) is 12.4. The highest BCUT2D eigenvalue weighted by Crippen LogP contribution is 2.41. The number of rotatable bonds is 4. The molecule has 0 bridgehead atoms. The van der Waals surface area contributed by atoms with E-state index in [1.165, 1.54) is 4.72 Å². The van der Waals surface area contributed by atoms with Crippen molar-refractivity contribution < 1.29 is 34.8 Å². The summed E-state index contributed by atoms with van der Waals surface area (Å²) in [6, 6.07) is 1.79. The molecule has 0 aromatic heterocycles. The number of nitrogens with one attached hydrogen (secondary N) is 1. The van der Waals surface area contributed by atoms with E-state index < -0.39 is 39.2 Å². The van der Waals surface area contributed by atoms with E-state index in [2.05, 4.69) is 0 Å². The number of hydrogen-bond acceptors (Lipinski definition) is 2. The molecule has 1 aromatic carbocycles. The quantitative estimate of drug-likeness (QED) is 0.822. The van der Waals surface area contributed by atoms with Crippen molar-refractivity contribution in [1.82, 2.24) is 4.72 Å². The van der Waals surface area contributed by atoms with Crippen LogP contribution in [0.1, 0.15) is 6.92 Å². The molecule has 0 unspecified atom stereocenters. The SMILES string of the molecule is C[C@H](NS(=O)(=O)c1ccc(Cl)cc1)C(C(F)(F)F)C(F)(F)F. The Morgan fingerprint density at radius 2 is 1.41 bits per heavy atom. The van der Waals surface area contributed by atoms with Crippen LogP contribution in [0.2, 0.25) is 5.02 Å². The topological polar surface area (TPSA) is 46.2 Å². The lowest BCUT2D eigenvalue weighted by Crippen LogP contribution is -2.51. The van der Waals surface area contributed by atoms with Crippen molar-refractivity contribution in [3.05, 3.63) is 29.3 Å². The Morgan fingerprint density at radius 3 is 1.77 bits per heavy atom. The second kappa shape index (κ2) is 6.25. The molecule has 22 heavy (non-hydrogen) atoms. The number of benzene rings is 1. The van der Waals surface area contributed by atoms with Crippen LogP contribution >= 0.6 is 11.6 Å². The van der Waals surface area contributed by atoms with Gasteiger partial charge in [0, 0.05) is 11.1 Å².